The fourth-order valence-corrected chi connectivity index (χ4v) is 1.97. The van der Waals surface area contributed by atoms with Crippen LogP contribution < -0.4 is 11.1 Å². The minimum absolute atomic E-state index is 0.0484. The lowest BCUT2D eigenvalue weighted by Crippen LogP contribution is -2.04. The Hall–Kier alpha value is -2.38. The highest BCUT2D eigenvalue weighted by Gasteiger charge is 2.06. The number of hydrogen-bond donors (Lipinski definition) is 2. The molecule has 0 fully saturated rings. The minimum Gasteiger partial charge on any atom is -0.380 e. The first-order valence-electron chi connectivity index (χ1n) is 6.45. The molecule has 0 unspecified atom stereocenters. The van der Waals surface area contributed by atoms with Crippen molar-refractivity contribution in [3.05, 3.63) is 65.0 Å². The molecule has 0 aliphatic heterocycles. The van der Waals surface area contributed by atoms with E-state index >= 15 is 0 Å². The number of rotatable bonds is 5. The number of nitriles is 1. The van der Waals surface area contributed by atoms with E-state index in [-0.39, 0.29) is 5.56 Å². The Morgan fingerprint density at radius 1 is 1.10 bits per heavy atom. The number of halogens is 1. The highest BCUT2D eigenvalue weighted by atomic mass is 19.1. The molecular formula is C16H16FN3. The largest absolute Gasteiger partial charge is 0.380 e. The van der Waals surface area contributed by atoms with Crippen LogP contribution in [0.5, 0.6) is 0 Å². The van der Waals surface area contributed by atoms with Gasteiger partial charge in [-0.1, -0.05) is 30.3 Å². The van der Waals surface area contributed by atoms with Crippen molar-refractivity contribution in [3.8, 4) is 6.07 Å². The molecule has 0 aliphatic carbocycles. The van der Waals surface area contributed by atoms with Crippen LogP contribution in [0.25, 0.3) is 0 Å². The third-order valence-corrected chi connectivity index (χ3v) is 3.06. The van der Waals surface area contributed by atoms with Crippen LogP contribution in [0.15, 0.2) is 42.5 Å². The average molecular weight is 269 g/mol. The van der Waals surface area contributed by atoms with E-state index in [1.165, 1.54) is 11.6 Å². The van der Waals surface area contributed by atoms with Gasteiger partial charge in [-0.25, -0.2) is 4.39 Å². The second-order valence-electron chi connectivity index (χ2n) is 4.48. The summed E-state index contributed by atoms with van der Waals surface area (Å²) >= 11 is 0. The molecule has 20 heavy (non-hydrogen) atoms. The van der Waals surface area contributed by atoms with E-state index in [2.05, 4.69) is 5.32 Å². The molecule has 0 atom stereocenters. The summed E-state index contributed by atoms with van der Waals surface area (Å²) in [5, 5.41) is 12.0. The average Bonchev–Trinajstić information content (AvgIpc) is 2.47. The SMILES string of the molecule is N#Cc1c(F)cccc1NCc1ccc(CCN)cc1. The second-order valence-corrected chi connectivity index (χ2v) is 4.48. The molecule has 102 valence electrons. The third kappa shape index (κ3) is 3.34. The van der Waals surface area contributed by atoms with Crippen molar-refractivity contribution >= 4 is 5.69 Å². The topological polar surface area (TPSA) is 61.8 Å². The van der Waals surface area contributed by atoms with Crippen molar-refractivity contribution in [3.63, 3.8) is 0 Å². The summed E-state index contributed by atoms with van der Waals surface area (Å²) in [6.07, 6.45) is 0.857. The van der Waals surface area contributed by atoms with Crippen molar-refractivity contribution in [1.82, 2.24) is 0 Å². The maximum absolute atomic E-state index is 13.4. The maximum atomic E-state index is 13.4. The van der Waals surface area contributed by atoms with E-state index in [4.69, 9.17) is 11.0 Å². The predicted octanol–water partition coefficient (Wildman–Crippen LogP) is 2.81. The number of hydrogen-bond acceptors (Lipinski definition) is 3. The van der Waals surface area contributed by atoms with Gasteiger partial charge in [0.15, 0.2) is 0 Å². The molecule has 0 amide bonds. The lowest BCUT2D eigenvalue weighted by molar-refractivity contribution is 0.624. The van der Waals surface area contributed by atoms with Gasteiger partial charge in [-0.3, -0.25) is 0 Å². The van der Waals surface area contributed by atoms with Crippen molar-refractivity contribution in [2.45, 2.75) is 13.0 Å². The normalized spacial score (nSPS) is 10.1. The van der Waals surface area contributed by atoms with E-state index in [9.17, 15) is 4.39 Å². The van der Waals surface area contributed by atoms with E-state index in [0.29, 0.717) is 18.8 Å². The number of anilines is 1. The molecule has 0 aromatic heterocycles. The molecule has 3 N–H and O–H groups in total. The molecule has 2 rings (SSSR count). The van der Waals surface area contributed by atoms with Gasteiger partial charge in [0.05, 0.1) is 5.69 Å². The summed E-state index contributed by atoms with van der Waals surface area (Å²) in [5.74, 6) is -0.504. The highest BCUT2D eigenvalue weighted by molar-refractivity contribution is 5.58. The van der Waals surface area contributed by atoms with E-state index in [1.807, 2.05) is 30.3 Å². The molecule has 2 aromatic rings. The molecule has 0 spiro atoms. The van der Waals surface area contributed by atoms with Gasteiger partial charge in [0.2, 0.25) is 0 Å². The number of nitrogens with zero attached hydrogens (tertiary/aromatic N) is 1. The first-order chi connectivity index (χ1) is 9.74. The van der Waals surface area contributed by atoms with Crippen LogP contribution in [0.4, 0.5) is 10.1 Å². The summed E-state index contributed by atoms with van der Waals surface area (Å²) in [5.41, 5.74) is 8.32. The van der Waals surface area contributed by atoms with Gasteiger partial charge >= 0.3 is 0 Å². The van der Waals surface area contributed by atoms with Crippen LogP contribution >= 0.6 is 0 Å². The maximum Gasteiger partial charge on any atom is 0.143 e. The Morgan fingerprint density at radius 3 is 2.45 bits per heavy atom. The van der Waals surface area contributed by atoms with Gasteiger partial charge in [0.25, 0.3) is 0 Å². The zero-order valence-corrected chi connectivity index (χ0v) is 11.1. The predicted molar refractivity (Wildman–Crippen MR) is 77.6 cm³/mol. The zero-order valence-electron chi connectivity index (χ0n) is 11.1. The van der Waals surface area contributed by atoms with Gasteiger partial charge < -0.3 is 11.1 Å². The lowest BCUT2D eigenvalue weighted by atomic mass is 10.1. The quantitative estimate of drug-likeness (QED) is 0.877. The Morgan fingerprint density at radius 2 is 1.80 bits per heavy atom. The summed E-state index contributed by atoms with van der Waals surface area (Å²) < 4.78 is 13.4. The van der Waals surface area contributed by atoms with E-state index in [1.54, 1.807) is 12.1 Å². The standard InChI is InChI=1S/C16H16FN3/c17-15-2-1-3-16(14(15)10-19)20-11-13-6-4-12(5-7-13)8-9-18/h1-7,20H,8-9,11,18H2. The molecule has 0 saturated heterocycles. The van der Waals surface area contributed by atoms with Crippen molar-refractivity contribution in [2.75, 3.05) is 11.9 Å². The zero-order chi connectivity index (χ0) is 14.4. The molecule has 0 saturated carbocycles. The highest BCUT2D eigenvalue weighted by Crippen LogP contribution is 2.18. The lowest BCUT2D eigenvalue weighted by Gasteiger charge is -2.09. The van der Waals surface area contributed by atoms with Crippen LogP contribution in [0.1, 0.15) is 16.7 Å². The molecule has 0 radical (unpaired) electrons. The first kappa shape index (κ1) is 14.0. The molecule has 2 aromatic carbocycles. The Kier molecular flexibility index (Phi) is 4.70. The van der Waals surface area contributed by atoms with Gasteiger partial charge in [0.1, 0.15) is 17.4 Å². The molecule has 0 heterocycles. The number of benzene rings is 2. The van der Waals surface area contributed by atoms with Gasteiger partial charge in [-0.15, -0.1) is 0 Å². The van der Waals surface area contributed by atoms with Gasteiger partial charge in [-0.2, -0.15) is 5.26 Å². The van der Waals surface area contributed by atoms with Crippen LogP contribution in [0, 0.1) is 17.1 Å². The van der Waals surface area contributed by atoms with Crippen LogP contribution in [-0.4, -0.2) is 6.54 Å². The number of nitrogens with two attached hydrogens (primary N) is 1. The molecule has 4 heteroatoms. The van der Waals surface area contributed by atoms with Crippen molar-refractivity contribution in [1.29, 1.82) is 5.26 Å². The van der Waals surface area contributed by atoms with Crippen LogP contribution in [0.2, 0.25) is 0 Å². The number of nitrogens with one attached hydrogen (secondary N) is 1. The molecule has 0 bridgehead atoms. The second kappa shape index (κ2) is 6.69. The third-order valence-electron chi connectivity index (χ3n) is 3.06. The Labute approximate surface area is 117 Å². The Bertz CT molecular complexity index is 615. The first-order valence-corrected chi connectivity index (χ1v) is 6.45. The molecule has 3 nitrogen and oxygen atoms in total. The Balaban J connectivity index is 2.06. The van der Waals surface area contributed by atoms with Crippen molar-refractivity contribution < 1.29 is 4.39 Å². The smallest absolute Gasteiger partial charge is 0.143 e. The van der Waals surface area contributed by atoms with Crippen LogP contribution in [0.3, 0.4) is 0 Å². The molecule has 0 aliphatic rings. The van der Waals surface area contributed by atoms with E-state index < -0.39 is 5.82 Å². The summed E-state index contributed by atoms with van der Waals surface area (Å²) in [4.78, 5) is 0. The van der Waals surface area contributed by atoms with Crippen LogP contribution in [-0.2, 0) is 13.0 Å². The van der Waals surface area contributed by atoms with E-state index in [0.717, 1.165) is 12.0 Å². The fraction of sp³-hybridized carbons (Fsp3) is 0.188. The molecular weight excluding hydrogens is 253 g/mol. The van der Waals surface area contributed by atoms with Crippen molar-refractivity contribution in [2.24, 2.45) is 5.73 Å². The van der Waals surface area contributed by atoms with Gasteiger partial charge in [0, 0.05) is 6.54 Å². The fourth-order valence-electron chi connectivity index (χ4n) is 1.97. The summed E-state index contributed by atoms with van der Waals surface area (Å²) in [7, 11) is 0. The van der Waals surface area contributed by atoms with Gasteiger partial charge in [-0.05, 0) is 36.2 Å². The summed E-state index contributed by atoms with van der Waals surface area (Å²) in [6, 6.07) is 14.5. The minimum atomic E-state index is -0.504. The summed E-state index contributed by atoms with van der Waals surface area (Å²) in [6.45, 7) is 1.17. The monoisotopic (exact) mass is 269 g/mol.